The number of aromatic nitrogens is 2. The molecule has 7 nitrogen and oxygen atoms in total. The molecule has 1 aromatic heterocycles. The van der Waals surface area contributed by atoms with Crippen LogP contribution in [0, 0.1) is 11.8 Å². The molecule has 1 saturated carbocycles. The fourth-order valence-corrected chi connectivity index (χ4v) is 4.96. The van der Waals surface area contributed by atoms with Crippen LogP contribution < -0.4 is 5.56 Å². The van der Waals surface area contributed by atoms with Gasteiger partial charge in [0.05, 0.1) is 5.39 Å². The molecule has 1 aliphatic heterocycles. The van der Waals surface area contributed by atoms with Gasteiger partial charge in [-0.3, -0.25) is 9.59 Å². The molecule has 2 fully saturated rings. The summed E-state index contributed by atoms with van der Waals surface area (Å²) in [5.74, 6) is -0.930. The van der Waals surface area contributed by atoms with Crippen molar-refractivity contribution in [2.24, 2.45) is 11.8 Å². The van der Waals surface area contributed by atoms with Crippen LogP contribution in [-0.4, -0.2) is 43.7 Å². The normalized spacial score (nSPS) is 24.1. The zero-order valence-corrected chi connectivity index (χ0v) is 16.9. The Labute approximate surface area is 169 Å². The van der Waals surface area contributed by atoms with Crippen molar-refractivity contribution in [2.75, 3.05) is 0 Å². The largest absolute Gasteiger partial charge is 0.480 e. The summed E-state index contributed by atoms with van der Waals surface area (Å²) in [6.07, 6.45) is 4.35. The Morgan fingerprint density at radius 1 is 1.17 bits per heavy atom. The SMILES string of the molecule is CC(C)Cn1nc(C(=O)N2C(C(=O)O)CC3CCCCC32)c2ccccc2c1=O. The predicted octanol–water partition coefficient (Wildman–Crippen LogP) is 2.91. The van der Waals surface area contributed by atoms with Crippen molar-refractivity contribution in [3.05, 3.63) is 40.3 Å². The van der Waals surface area contributed by atoms with Gasteiger partial charge in [-0.05, 0) is 37.2 Å². The number of hydrogen-bond donors (Lipinski definition) is 1. The van der Waals surface area contributed by atoms with Gasteiger partial charge >= 0.3 is 5.97 Å². The maximum absolute atomic E-state index is 13.7. The van der Waals surface area contributed by atoms with E-state index in [9.17, 15) is 19.5 Å². The molecule has 3 unspecified atom stereocenters. The predicted molar refractivity (Wildman–Crippen MR) is 109 cm³/mol. The molecule has 29 heavy (non-hydrogen) atoms. The zero-order chi connectivity index (χ0) is 20.7. The van der Waals surface area contributed by atoms with Gasteiger partial charge in [0.1, 0.15) is 6.04 Å². The smallest absolute Gasteiger partial charge is 0.326 e. The quantitative estimate of drug-likeness (QED) is 0.856. The molecule has 7 heteroatoms. The number of benzene rings is 1. The van der Waals surface area contributed by atoms with Gasteiger partial charge in [0.25, 0.3) is 11.5 Å². The van der Waals surface area contributed by atoms with Gasteiger partial charge in [0.2, 0.25) is 0 Å². The minimum absolute atomic E-state index is 0.0663. The van der Waals surface area contributed by atoms with Crippen LogP contribution in [0.3, 0.4) is 0 Å². The Morgan fingerprint density at radius 3 is 2.55 bits per heavy atom. The molecular weight excluding hydrogens is 370 g/mol. The summed E-state index contributed by atoms with van der Waals surface area (Å²) in [6.45, 7) is 4.37. The number of carbonyl (C=O) groups is 2. The third-order valence-electron chi connectivity index (χ3n) is 6.22. The minimum atomic E-state index is -0.965. The van der Waals surface area contributed by atoms with Crippen LogP contribution in [-0.2, 0) is 11.3 Å². The second-order valence-electron chi connectivity index (χ2n) is 8.69. The highest BCUT2D eigenvalue weighted by Crippen LogP contribution is 2.40. The van der Waals surface area contributed by atoms with Gasteiger partial charge in [-0.15, -0.1) is 0 Å². The second-order valence-corrected chi connectivity index (χ2v) is 8.69. The molecule has 2 aliphatic rings. The van der Waals surface area contributed by atoms with Crippen LogP contribution in [0.5, 0.6) is 0 Å². The van der Waals surface area contributed by atoms with Gasteiger partial charge in [-0.1, -0.05) is 44.9 Å². The zero-order valence-electron chi connectivity index (χ0n) is 16.9. The van der Waals surface area contributed by atoms with Gasteiger partial charge in [-0.25, -0.2) is 9.48 Å². The summed E-state index contributed by atoms with van der Waals surface area (Å²) in [5, 5.41) is 15.2. The third-order valence-corrected chi connectivity index (χ3v) is 6.22. The van der Waals surface area contributed by atoms with Crippen molar-refractivity contribution in [3.8, 4) is 0 Å². The highest BCUT2D eigenvalue weighted by atomic mass is 16.4. The molecule has 154 valence electrons. The van der Waals surface area contributed by atoms with Gasteiger partial charge < -0.3 is 10.0 Å². The minimum Gasteiger partial charge on any atom is -0.480 e. The average Bonchev–Trinajstić information content (AvgIpc) is 3.09. The molecule has 2 aromatic rings. The topological polar surface area (TPSA) is 92.5 Å². The Morgan fingerprint density at radius 2 is 1.86 bits per heavy atom. The number of amides is 1. The van der Waals surface area contributed by atoms with Crippen LogP contribution in [0.1, 0.15) is 56.4 Å². The summed E-state index contributed by atoms with van der Waals surface area (Å²) < 4.78 is 1.35. The van der Waals surface area contributed by atoms with Crippen molar-refractivity contribution >= 4 is 22.6 Å². The lowest BCUT2D eigenvalue weighted by Crippen LogP contribution is -2.47. The summed E-state index contributed by atoms with van der Waals surface area (Å²) in [4.78, 5) is 40.0. The molecule has 1 amide bonds. The highest BCUT2D eigenvalue weighted by Gasteiger charge is 2.48. The fraction of sp³-hybridized carbons (Fsp3) is 0.545. The van der Waals surface area contributed by atoms with Gasteiger partial charge in [0, 0.05) is 18.0 Å². The third kappa shape index (κ3) is 3.43. The first-order valence-corrected chi connectivity index (χ1v) is 10.4. The van der Waals surface area contributed by atoms with Crippen molar-refractivity contribution in [3.63, 3.8) is 0 Å². The van der Waals surface area contributed by atoms with Crippen molar-refractivity contribution in [2.45, 2.75) is 64.6 Å². The number of carboxylic acids is 1. The lowest BCUT2D eigenvalue weighted by Gasteiger charge is -2.33. The Kier molecular flexibility index (Phi) is 5.15. The summed E-state index contributed by atoms with van der Waals surface area (Å²) in [6, 6.07) is 6.07. The summed E-state index contributed by atoms with van der Waals surface area (Å²) >= 11 is 0. The number of fused-ring (bicyclic) bond motifs is 2. The van der Waals surface area contributed by atoms with Crippen molar-refractivity contribution < 1.29 is 14.7 Å². The first-order valence-electron chi connectivity index (χ1n) is 10.4. The maximum atomic E-state index is 13.7. The molecule has 4 rings (SSSR count). The number of likely N-dealkylation sites (tertiary alicyclic amines) is 1. The molecule has 3 atom stereocenters. The molecular formula is C22H27N3O4. The number of carboxylic acid groups (broad SMARTS) is 1. The fourth-order valence-electron chi connectivity index (χ4n) is 4.96. The van der Waals surface area contributed by atoms with Crippen molar-refractivity contribution in [1.82, 2.24) is 14.7 Å². The molecule has 1 aromatic carbocycles. The van der Waals surface area contributed by atoms with E-state index in [2.05, 4.69) is 5.10 Å². The molecule has 0 bridgehead atoms. The molecule has 0 radical (unpaired) electrons. The standard InChI is InChI=1S/C22H27N3O4/c1-13(2)12-24-20(26)16-9-5-4-8-15(16)19(23-24)21(27)25-17-10-6-3-7-14(17)11-18(25)22(28)29/h4-5,8-9,13-14,17-18H,3,6-7,10-12H2,1-2H3,(H,28,29). The first kappa shape index (κ1) is 19.6. The van der Waals surface area contributed by atoms with Crippen LogP contribution in [0.2, 0.25) is 0 Å². The number of carbonyl (C=O) groups excluding carboxylic acids is 1. The van der Waals surface area contributed by atoms with E-state index < -0.39 is 12.0 Å². The molecule has 1 saturated heterocycles. The van der Waals surface area contributed by atoms with E-state index in [0.717, 1.165) is 25.7 Å². The van der Waals surface area contributed by atoms with E-state index in [4.69, 9.17) is 0 Å². The van der Waals surface area contributed by atoms with Crippen LogP contribution >= 0.6 is 0 Å². The Bertz CT molecular complexity index is 1010. The Hall–Kier alpha value is -2.70. The number of rotatable bonds is 4. The van der Waals surface area contributed by atoms with Crippen LogP contribution in [0.4, 0.5) is 0 Å². The van der Waals surface area contributed by atoms with E-state index in [1.165, 1.54) is 4.68 Å². The maximum Gasteiger partial charge on any atom is 0.326 e. The molecule has 0 spiro atoms. The van der Waals surface area contributed by atoms with E-state index in [1.54, 1.807) is 29.2 Å². The van der Waals surface area contributed by atoms with E-state index in [-0.39, 0.29) is 35.0 Å². The monoisotopic (exact) mass is 397 g/mol. The van der Waals surface area contributed by atoms with Gasteiger partial charge in [0.15, 0.2) is 5.69 Å². The first-order chi connectivity index (χ1) is 13.9. The highest BCUT2D eigenvalue weighted by molar-refractivity contribution is 6.06. The van der Waals surface area contributed by atoms with E-state index >= 15 is 0 Å². The average molecular weight is 397 g/mol. The second kappa shape index (κ2) is 7.61. The van der Waals surface area contributed by atoms with Crippen LogP contribution in [0.25, 0.3) is 10.8 Å². The molecule has 1 aliphatic carbocycles. The van der Waals surface area contributed by atoms with Crippen molar-refractivity contribution in [1.29, 1.82) is 0 Å². The lowest BCUT2D eigenvalue weighted by atomic mass is 9.84. The summed E-state index contributed by atoms with van der Waals surface area (Å²) in [5.41, 5.74) is -0.0454. The van der Waals surface area contributed by atoms with E-state index in [0.29, 0.717) is 23.7 Å². The number of nitrogens with zero attached hydrogens (tertiary/aromatic N) is 3. The van der Waals surface area contributed by atoms with Gasteiger partial charge in [-0.2, -0.15) is 5.10 Å². The van der Waals surface area contributed by atoms with Crippen LogP contribution in [0.15, 0.2) is 29.1 Å². The van der Waals surface area contributed by atoms with E-state index in [1.807, 2.05) is 13.8 Å². The molecule has 2 heterocycles. The number of hydrogen-bond acceptors (Lipinski definition) is 4. The Balaban J connectivity index is 1.84. The summed E-state index contributed by atoms with van der Waals surface area (Å²) in [7, 11) is 0. The molecule has 1 N–H and O–H groups in total. The number of aliphatic carboxylic acids is 1. The lowest BCUT2D eigenvalue weighted by molar-refractivity contribution is -0.141.